The van der Waals surface area contributed by atoms with E-state index in [0.29, 0.717) is 16.5 Å². The van der Waals surface area contributed by atoms with E-state index in [4.69, 9.17) is 25.5 Å². The lowest BCUT2D eigenvalue weighted by Crippen LogP contribution is -2.70. The van der Waals surface area contributed by atoms with Crippen LogP contribution in [-0.4, -0.2) is 21.5 Å². The molecular formula is C23H19BClF4NO3. The molecule has 0 saturated heterocycles. The minimum Gasteiger partial charge on any atom is -0.493 e. The van der Waals surface area contributed by atoms with Crippen LogP contribution in [0.2, 0.25) is 5.02 Å². The lowest BCUT2D eigenvalue weighted by Gasteiger charge is -2.09. The average Bonchev–Trinajstić information content (AvgIpc) is 2.79. The zero-order valence-corrected chi connectivity index (χ0v) is 18.4. The van der Waals surface area contributed by atoms with Gasteiger partial charge in [0, 0.05) is 22.7 Å². The van der Waals surface area contributed by atoms with E-state index >= 15 is 0 Å². The number of hydrogen-bond donors (Lipinski definition) is 1. The number of fused-ring (bicyclic) bond motifs is 1. The van der Waals surface area contributed by atoms with Crippen molar-refractivity contribution in [2.24, 2.45) is 0 Å². The summed E-state index contributed by atoms with van der Waals surface area (Å²) in [5.74, 6) is 2.04. The monoisotopic (exact) mass is 479 g/mol. The Morgan fingerprint density at radius 1 is 0.818 bits per heavy atom. The molecule has 0 aliphatic carbocycles. The van der Waals surface area contributed by atoms with E-state index in [2.05, 4.69) is 4.99 Å². The van der Waals surface area contributed by atoms with Gasteiger partial charge in [-0.05, 0) is 42.5 Å². The summed E-state index contributed by atoms with van der Waals surface area (Å²) < 4.78 is 55.9. The number of halogens is 5. The van der Waals surface area contributed by atoms with E-state index in [9.17, 15) is 17.3 Å². The summed E-state index contributed by atoms with van der Waals surface area (Å²) in [7, 11) is -2.77. The van der Waals surface area contributed by atoms with E-state index in [1.165, 1.54) is 0 Å². The van der Waals surface area contributed by atoms with Gasteiger partial charge in [-0.3, -0.25) is 0 Å². The van der Waals surface area contributed by atoms with Crippen molar-refractivity contribution in [2.45, 2.75) is 0 Å². The van der Waals surface area contributed by atoms with Gasteiger partial charge in [0.05, 0.1) is 25.7 Å². The molecule has 1 aromatic heterocycles. The summed E-state index contributed by atoms with van der Waals surface area (Å²) in [6.07, 6.45) is 0. The molecule has 4 aromatic rings. The molecule has 0 fully saturated rings. The summed E-state index contributed by atoms with van der Waals surface area (Å²) in [4.78, 5) is 3.46. The van der Waals surface area contributed by atoms with Crippen molar-refractivity contribution < 1.29 is 36.1 Å². The Bertz CT molecular complexity index is 1300. The topological polar surface area (TPSA) is 45.6 Å². The molecule has 0 aliphatic heterocycles. The molecule has 3 aromatic carbocycles. The van der Waals surface area contributed by atoms with Crippen molar-refractivity contribution in [3.63, 3.8) is 0 Å². The smallest absolute Gasteiger partial charge is 0.493 e. The standard InChI is InChI=1S/C23H18ClNO3.BF4/c1-26-21-12-7-15(13-23(21)27-2)22-14-19(18-5-3-4-6-20(18)28-22)25-17-10-8-16(24)9-11-17;2-1(3,4)5/h3-14H,1-2H3;/q;-1/p+1. The fourth-order valence-corrected chi connectivity index (χ4v) is 3.18. The third-order valence-electron chi connectivity index (χ3n) is 4.46. The van der Waals surface area contributed by atoms with Crippen LogP contribution in [0.25, 0.3) is 22.3 Å². The van der Waals surface area contributed by atoms with Gasteiger partial charge in [-0.15, -0.1) is 0 Å². The maximum absolute atomic E-state index is 9.75. The van der Waals surface area contributed by atoms with Gasteiger partial charge >= 0.3 is 7.25 Å². The van der Waals surface area contributed by atoms with Crippen molar-refractivity contribution in [3.8, 4) is 22.8 Å². The molecule has 1 N–H and O–H groups in total. The van der Waals surface area contributed by atoms with Crippen LogP contribution >= 0.6 is 11.6 Å². The van der Waals surface area contributed by atoms with E-state index in [1.54, 1.807) is 14.2 Å². The van der Waals surface area contributed by atoms with Gasteiger partial charge in [0.15, 0.2) is 11.5 Å². The molecule has 172 valence electrons. The van der Waals surface area contributed by atoms with Crippen LogP contribution in [0.15, 0.2) is 77.2 Å². The van der Waals surface area contributed by atoms with E-state index in [1.807, 2.05) is 72.8 Å². The van der Waals surface area contributed by atoms with Gasteiger partial charge in [0.2, 0.25) is 11.0 Å². The van der Waals surface area contributed by atoms with Gasteiger partial charge in [-0.25, -0.2) is 4.99 Å². The first kappa shape index (κ1) is 24.2. The second kappa shape index (κ2) is 10.4. The molecule has 33 heavy (non-hydrogen) atoms. The molecule has 0 atom stereocenters. The fourth-order valence-electron chi connectivity index (χ4n) is 3.06. The molecule has 0 amide bonds. The lowest BCUT2D eigenvalue weighted by molar-refractivity contribution is -0.400. The second-order valence-corrected chi connectivity index (χ2v) is 7.15. The van der Waals surface area contributed by atoms with Crippen LogP contribution in [0.4, 0.5) is 23.0 Å². The van der Waals surface area contributed by atoms with E-state index < -0.39 is 7.25 Å². The molecule has 1 heterocycles. The fraction of sp³-hybridized carbons (Fsp3) is 0.0870. The normalized spacial score (nSPS) is 11.7. The summed E-state index contributed by atoms with van der Waals surface area (Å²) >= 11 is 6.00. The zero-order chi connectivity index (χ0) is 24.0. The van der Waals surface area contributed by atoms with Crippen LogP contribution < -0.4 is 19.8 Å². The summed E-state index contributed by atoms with van der Waals surface area (Å²) in [5.41, 5.74) is 2.62. The SMILES string of the molecule is COc1ccc(-c2cc(=[NH+]c3ccc(Cl)cc3)c3ccccc3o2)cc1OC.F[B-](F)(F)F. The predicted octanol–water partition coefficient (Wildman–Crippen LogP) is 5.38. The number of rotatable bonds is 4. The number of methoxy groups -OCH3 is 2. The third kappa shape index (κ3) is 6.76. The Morgan fingerprint density at radius 3 is 2.09 bits per heavy atom. The average molecular weight is 480 g/mol. The quantitative estimate of drug-likeness (QED) is 0.316. The zero-order valence-electron chi connectivity index (χ0n) is 17.6. The molecule has 0 unspecified atom stereocenters. The van der Waals surface area contributed by atoms with Crippen molar-refractivity contribution in [1.82, 2.24) is 0 Å². The maximum atomic E-state index is 9.75. The maximum Gasteiger partial charge on any atom is 0.673 e. The molecule has 10 heteroatoms. The van der Waals surface area contributed by atoms with Crippen LogP contribution in [0.3, 0.4) is 0 Å². The van der Waals surface area contributed by atoms with Gasteiger partial charge < -0.3 is 31.2 Å². The Labute approximate surface area is 192 Å². The van der Waals surface area contributed by atoms with Gasteiger partial charge in [-0.1, -0.05) is 23.7 Å². The van der Waals surface area contributed by atoms with Crippen LogP contribution in [0.1, 0.15) is 0 Å². The van der Waals surface area contributed by atoms with Crippen LogP contribution in [0.5, 0.6) is 11.5 Å². The first-order valence-corrected chi connectivity index (χ1v) is 10.0. The Balaban J connectivity index is 0.000000555. The number of hydrogen-bond acceptors (Lipinski definition) is 3. The largest absolute Gasteiger partial charge is 0.673 e. The number of ether oxygens (including phenoxy) is 2. The Kier molecular flexibility index (Phi) is 7.65. The summed E-state index contributed by atoms with van der Waals surface area (Å²) in [6.45, 7) is 0. The Morgan fingerprint density at radius 2 is 1.45 bits per heavy atom. The second-order valence-electron chi connectivity index (χ2n) is 6.72. The molecule has 0 radical (unpaired) electrons. The van der Waals surface area contributed by atoms with Crippen LogP contribution in [0, 0.1) is 0 Å². The highest BCUT2D eigenvalue weighted by molar-refractivity contribution is 6.50. The number of benzene rings is 3. The van der Waals surface area contributed by atoms with Gasteiger partial charge in [-0.2, -0.15) is 0 Å². The highest BCUT2D eigenvalue weighted by Crippen LogP contribution is 2.32. The summed E-state index contributed by atoms with van der Waals surface area (Å²) in [5, 5.41) is 2.63. The number of nitrogens with one attached hydrogen (secondary N) is 1. The first-order chi connectivity index (χ1) is 15.7. The highest BCUT2D eigenvalue weighted by atomic mass is 35.5. The third-order valence-corrected chi connectivity index (χ3v) is 4.72. The highest BCUT2D eigenvalue weighted by Gasteiger charge is 2.20. The lowest BCUT2D eigenvalue weighted by atomic mass is 10.1. The first-order valence-electron chi connectivity index (χ1n) is 9.66. The van der Waals surface area contributed by atoms with Gasteiger partial charge in [0.1, 0.15) is 11.3 Å². The van der Waals surface area contributed by atoms with Crippen molar-refractivity contribution in [1.29, 1.82) is 0 Å². The minimum atomic E-state index is -6.00. The van der Waals surface area contributed by atoms with Gasteiger partial charge in [0.25, 0.3) is 0 Å². The minimum absolute atomic E-state index is 0.649. The van der Waals surface area contributed by atoms with Crippen molar-refractivity contribution in [2.75, 3.05) is 14.2 Å². The molecule has 0 bridgehead atoms. The van der Waals surface area contributed by atoms with E-state index in [0.717, 1.165) is 33.3 Å². The van der Waals surface area contributed by atoms with Crippen molar-refractivity contribution >= 4 is 35.5 Å². The molecule has 0 spiro atoms. The molecular weight excluding hydrogens is 461 g/mol. The Hall–Kier alpha value is -3.46. The molecule has 0 saturated carbocycles. The predicted molar refractivity (Wildman–Crippen MR) is 120 cm³/mol. The molecule has 4 rings (SSSR count). The number of para-hydroxylation sites is 1. The molecule has 0 aliphatic rings. The molecule has 4 nitrogen and oxygen atoms in total. The van der Waals surface area contributed by atoms with E-state index in [-0.39, 0.29) is 0 Å². The van der Waals surface area contributed by atoms with Crippen molar-refractivity contribution in [3.05, 3.63) is 83.2 Å². The summed E-state index contributed by atoms with van der Waals surface area (Å²) in [6, 6.07) is 23.2. The van der Waals surface area contributed by atoms with Crippen LogP contribution in [-0.2, 0) is 0 Å².